The maximum atomic E-state index is 12.7. The smallest absolute Gasteiger partial charge is 0.393 e. The monoisotopic (exact) mass is 307 g/mol. The van der Waals surface area contributed by atoms with E-state index in [1.54, 1.807) is 6.07 Å². The van der Waals surface area contributed by atoms with Crippen molar-refractivity contribution in [3.8, 4) is 0 Å². The molecule has 0 aliphatic heterocycles. The molecule has 2 N–H and O–H groups in total. The summed E-state index contributed by atoms with van der Waals surface area (Å²) in [5.41, 5.74) is -0.231. The van der Waals surface area contributed by atoms with Gasteiger partial charge in [-0.25, -0.2) is 0 Å². The Morgan fingerprint density at radius 3 is 2.45 bits per heavy atom. The normalized spacial score (nSPS) is 23.9. The zero-order chi connectivity index (χ0) is 14.8. The standard InChI is InChI=1S/C14H17ClF3NO/c15-13-6-1-9(7-12(13)14(16,17)18)8-19-10-2-4-11(20)5-3-10/h1,6-7,10-11,19-20H,2-5,8H2. The Morgan fingerprint density at radius 2 is 1.85 bits per heavy atom. The molecule has 0 bridgehead atoms. The second-order valence-corrected chi connectivity index (χ2v) is 5.61. The van der Waals surface area contributed by atoms with Crippen LogP contribution in [0.1, 0.15) is 36.8 Å². The summed E-state index contributed by atoms with van der Waals surface area (Å²) in [6.45, 7) is 0.376. The molecule has 2 rings (SSSR count). The summed E-state index contributed by atoms with van der Waals surface area (Å²) in [7, 11) is 0. The van der Waals surface area contributed by atoms with E-state index in [1.807, 2.05) is 0 Å². The van der Waals surface area contributed by atoms with Crippen LogP contribution in [0, 0.1) is 0 Å². The number of aliphatic hydroxyl groups excluding tert-OH is 1. The number of alkyl halides is 3. The number of rotatable bonds is 3. The van der Waals surface area contributed by atoms with Crippen molar-refractivity contribution >= 4 is 11.6 Å². The van der Waals surface area contributed by atoms with E-state index in [0.717, 1.165) is 31.7 Å². The fraction of sp³-hybridized carbons (Fsp3) is 0.571. The minimum Gasteiger partial charge on any atom is -0.393 e. The molecule has 0 amide bonds. The Balaban J connectivity index is 1.96. The molecule has 0 atom stereocenters. The maximum Gasteiger partial charge on any atom is 0.417 e. The van der Waals surface area contributed by atoms with E-state index in [2.05, 4.69) is 5.32 Å². The second kappa shape index (κ2) is 6.33. The summed E-state index contributed by atoms with van der Waals surface area (Å²) < 4.78 is 38.2. The van der Waals surface area contributed by atoms with Crippen LogP contribution in [-0.2, 0) is 12.7 Å². The molecular formula is C14H17ClF3NO. The molecule has 1 aromatic carbocycles. The Hall–Kier alpha value is -0.780. The second-order valence-electron chi connectivity index (χ2n) is 5.20. The Bertz CT molecular complexity index is 456. The van der Waals surface area contributed by atoms with E-state index in [1.165, 1.54) is 6.07 Å². The van der Waals surface area contributed by atoms with E-state index in [4.69, 9.17) is 11.6 Å². The Labute approximate surface area is 120 Å². The van der Waals surface area contributed by atoms with Gasteiger partial charge in [0.25, 0.3) is 0 Å². The molecule has 6 heteroatoms. The zero-order valence-corrected chi connectivity index (χ0v) is 11.6. The Kier molecular flexibility index (Phi) is 4.94. The van der Waals surface area contributed by atoms with E-state index in [-0.39, 0.29) is 17.2 Å². The van der Waals surface area contributed by atoms with Gasteiger partial charge in [0.05, 0.1) is 16.7 Å². The van der Waals surface area contributed by atoms with Gasteiger partial charge in [0.2, 0.25) is 0 Å². The molecule has 2 nitrogen and oxygen atoms in total. The molecule has 0 aromatic heterocycles. The molecule has 1 aliphatic rings. The molecule has 0 spiro atoms. The van der Waals surface area contributed by atoms with Crippen molar-refractivity contribution in [2.75, 3.05) is 0 Å². The van der Waals surface area contributed by atoms with Crippen LogP contribution in [0.25, 0.3) is 0 Å². The van der Waals surface area contributed by atoms with Gasteiger partial charge in [-0.15, -0.1) is 0 Å². The van der Waals surface area contributed by atoms with Crippen LogP contribution in [0.2, 0.25) is 5.02 Å². The van der Waals surface area contributed by atoms with Crippen molar-refractivity contribution < 1.29 is 18.3 Å². The number of hydrogen-bond donors (Lipinski definition) is 2. The molecule has 1 aliphatic carbocycles. The van der Waals surface area contributed by atoms with Crippen LogP contribution >= 0.6 is 11.6 Å². The third-order valence-electron chi connectivity index (χ3n) is 3.63. The first-order chi connectivity index (χ1) is 9.36. The molecule has 112 valence electrons. The largest absolute Gasteiger partial charge is 0.417 e. The predicted molar refractivity (Wildman–Crippen MR) is 71.6 cm³/mol. The first-order valence-corrected chi connectivity index (χ1v) is 7.01. The lowest BCUT2D eigenvalue weighted by atomic mass is 9.93. The first kappa shape index (κ1) is 15.6. The van der Waals surface area contributed by atoms with Gasteiger partial charge in [-0.3, -0.25) is 0 Å². The van der Waals surface area contributed by atoms with Crippen molar-refractivity contribution in [3.05, 3.63) is 34.3 Å². The van der Waals surface area contributed by atoms with Gasteiger partial charge in [-0.1, -0.05) is 17.7 Å². The van der Waals surface area contributed by atoms with Crippen LogP contribution in [0.4, 0.5) is 13.2 Å². The average molecular weight is 308 g/mol. The Morgan fingerprint density at radius 1 is 1.20 bits per heavy atom. The van der Waals surface area contributed by atoms with Gasteiger partial charge in [0.15, 0.2) is 0 Å². The quantitative estimate of drug-likeness (QED) is 0.891. The molecular weight excluding hydrogens is 291 g/mol. The number of nitrogens with one attached hydrogen (secondary N) is 1. The summed E-state index contributed by atoms with van der Waals surface area (Å²) >= 11 is 5.58. The third kappa shape index (κ3) is 4.11. The molecule has 20 heavy (non-hydrogen) atoms. The number of halogens is 4. The van der Waals surface area contributed by atoms with Crippen LogP contribution in [-0.4, -0.2) is 17.3 Å². The fourth-order valence-corrected chi connectivity index (χ4v) is 2.67. The van der Waals surface area contributed by atoms with Crippen molar-refractivity contribution in [2.24, 2.45) is 0 Å². The minimum absolute atomic E-state index is 0.236. The molecule has 1 fully saturated rings. The van der Waals surface area contributed by atoms with E-state index < -0.39 is 11.7 Å². The number of aliphatic hydroxyl groups is 1. The highest BCUT2D eigenvalue weighted by Crippen LogP contribution is 2.35. The molecule has 0 saturated heterocycles. The predicted octanol–water partition coefficient (Wildman–Crippen LogP) is 3.75. The van der Waals surface area contributed by atoms with E-state index in [0.29, 0.717) is 12.1 Å². The van der Waals surface area contributed by atoms with Gasteiger partial charge in [0, 0.05) is 12.6 Å². The lowest BCUT2D eigenvalue weighted by Gasteiger charge is -2.26. The van der Waals surface area contributed by atoms with Crippen molar-refractivity contribution in [2.45, 2.75) is 50.6 Å². The average Bonchev–Trinajstić information content (AvgIpc) is 2.38. The SMILES string of the molecule is OC1CCC(NCc2ccc(Cl)c(C(F)(F)F)c2)CC1. The minimum atomic E-state index is -4.43. The van der Waals surface area contributed by atoms with Gasteiger partial charge >= 0.3 is 6.18 Å². The summed E-state index contributed by atoms with van der Waals surface area (Å²) in [6.07, 6.45) is -1.48. The van der Waals surface area contributed by atoms with Crippen molar-refractivity contribution in [1.29, 1.82) is 0 Å². The lowest BCUT2D eigenvalue weighted by molar-refractivity contribution is -0.137. The van der Waals surface area contributed by atoms with Gasteiger partial charge in [-0.2, -0.15) is 13.2 Å². The van der Waals surface area contributed by atoms with Crippen molar-refractivity contribution in [1.82, 2.24) is 5.32 Å². The van der Waals surface area contributed by atoms with Gasteiger partial charge in [-0.05, 0) is 43.4 Å². The first-order valence-electron chi connectivity index (χ1n) is 6.63. The van der Waals surface area contributed by atoms with E-state index >= 15 is 0 Å². The van der Waals surface area contributed by atoms with Crippen LogP contribution in [0.5, 0.6) is 0 Å². The lowest BCUT2D eigenvalue weighted by Crippen LogP contribution is -2.34. The van der Waals surface area contributed by atoms with Crippen LogP contribution < -0.4 is 5.32 Å². The molecule has 0 unspecified atom stereocenters. The number of benzene rings is 1. The molecule has 0 radical (unpaired) electrons. The maximum absolute atomic E-state index is 12.7. The number of hydrogen-bond acceptors (Lipinski definition) is 2. The highest BCUT2D eigenvalue weighted by Gasteiger charge is 2.33. The van der Waals surface area contributed by atoms with Gasteiger partial charge in [0.1, 0.15) is 0 Å². The van der Waals surface area contributed by atoms with Crippen LogP contribution in [0.15, 0.2) is 18.2 Å². The highest BCUT2D eigenvalue weighted by molar-refractivity contribution is 6.31. The topological polar surface area (TPSA) is 32.3 Å². The van der Waals surface area contributed by atoms with E-state index in [9.17, 15) is 18.3 Å². The van der Waals surface area contributed by atoms with Crippen molar-refractivity contribution in [3.63, 3.8) is 0 Å². The third-order valence-corrected chi connectivity index (χ3v) is 3.96. The fourth-order valence-electron chi connectivity index (χ4n) is 2.44. The zero-order valence-electron chi connectivity index (χ0n) is 10.9. The summed E-state index contributed by atoms with van der Waals surface area (Å²) in [5, 5.41) is 12.4. The highest BCUT2D eigenvalue weighted by atomic mass is 35.5. The van der Waals surface area contributed by atoms with Crippen LogP contribution in [0.3, 0.4) is 0 Å². The molecule has 1 aromatic rings. The summed E-state index contributed by atoms with van der Waals surface area (Å²) in [5.74, 6) is 0. The summed E-state index contributed by atoms with van der Waals surface area (Å²) in [4.78, 5) is 0. The van der Waals surface area contributed by atoms with Gasteiger partial charge < -0.3 is 10.4 Å². The molecule has 0 heterocycles. The summed E-state index contributed by atoms with van der Waals surface area (Å²) in [6, 6.07) is 4.23. The molecule has 1 saturated carbocycles.